The van der Waals surface area contributed by atoms with E-state index in [4.69, 9.17) is 0 Å². The molecular formula is C14H11N3O. The number of hydrogen-bond acceptors (Lipinski definition) is 3. The van der Waals surface area contributed by atoms with Gasteiger partial charge in [-0.3, -0.25) is 9.78 Å². The Labute approximate surface area is 103 Å². The number of fused-ring (bicyclic) bond motifs is 1. The molecule has 0 aliphatic heterocycles. The predicted molar refractivity (Wildman–Crippen MR) is 70.3 cm³/mol. The molecule has 0 fully saturated rings. The van der Waals surface area contributed by atoms with Crippen molar-refractivity contribution in [3.63, 3.8) is 0 Å². The molecule has 0 saturated carbocycles. The van der Waals surface area contributed by atoms with Crippen LogP contribution in [0.3, 0.4) is 0 Å². The van der Waals surface area contributed by atoms with Crippen LogP contribution in [0.1, 0.15) is 5.56 Å². The van der Waals surface area contributed by atoms with Crippen molar-refractivity contribution in [1.29, 1.82) is 0 Å². The van der Waals surface area contributed by atoms with E-state index < -0.39 is 0 Å². The molecule has 0 bridgehead atoms. The fourth-order valence-electron chi connectivity index (χ4n) is 1.87. The third-order valence-corrected chi connectivity index (χ3v) is 2.77. The van der Waals surface area contributed by atoms with Gasteiger partial charge in [0.05, 0.1) is 10.9 Å². The summed E-state index contributed by atoms with van der Waals surface area (Å²) in [6.45, 7) is 1.97. The molecule has 0 amide bonds. The highest BCUT2D eigenvalue weighted by molar-refractivity contribution is 5.79. The summed E-state index contributed by atoms with van der Waals surface area (Å²) < 4.78 is 0. The Hall–Kier alpha value is -2.49. The number of aromatic amines is 1. The molecule has 1 aromatic carbocycles. The van der Waals surface area contributed by atoms with E-state index in [-0.39, 0.29) is 5.56 Å². The summed E-state index contributed by atoms with van der Waals surface area (Å²) in [4.78, 5) is 23.4. The smallest absolute Gasteiger partial charge is 0.259 e. The van der Waals surface area contributed by atoms with Gasteiger partial charge in [0.15, 0.2) is 5.82 Å². The monoisotopic (exact) mass is 237 g/mol. The van der Waals surface area contributed by atoms with Gasteiger partial charge in [-0.1, -0.05) is 12.1 Å². The third kappa shape index (κ3) is 1.78. The molecule has 0 atom stereocenters. The Balaban J connectivity index is 2.30. The molecule has 3 rings (SSSR count). The maximum absolute atomic E-state index is 12.0. The van der Waals surface area contributed by atoms with Gasteiger partial charge in [-0.15, -0.1) is 0 Å². The van der Waals surface area contributed by atoms with E-state index in [0.717, 1.165) is 5.56 Å². The lowest BCUT2D eigenvalue weighted by Gasteiger charge is -2.02. The minimum atomic E-state index is -0.138. The fourth-order valence-corrected chi connectivity index (χ4v) is 1.87. The summed E-state index contributed by atoms with van der Waals surface area (Å²) in [6.07, 6.45) is 1.68. The highest BCUT2D eigenvalue weighted by Crippen LogP contribution is 2.14. The van der Waals surface area contributed by atoms with E-state index in [9.17, 15) is 4.79 Å². The number of pyridine rings is 1. The number of H-pyrrole nitrogens is 1. The van der Waals surface area contributed by atoms with E-state index in [1.807, 2.05) is 37.3 Å². The van der Waals surface area contributed by atoms with Crippen molar-refractivity contribution in [3.05, 3.63) is 58.5 Å². The molecule has 4 heteroatoms. The summed E-state index contributed by atoms with van der Waals surface area (Å²) in [5.74, 6) is 0.499. The number of rotatable bonds is 1. The molecule has 18 heavy (non-hydrogen) atoms. The Morgan fingerprint density at radius 2 is 2.06 bits per heavy atom. The van der Waals surface area contributed by atoms with E-state index in [0.29, 0.717) is 22.4 Å². The summed E-state index contributed by atoms with van der Waals surface area (Å²) in [5.41, 5.74) is 2.30. The van der Waals surface area contributed by atoms with Crippen LogP contribution >= 0.6 is 0 Å². The summed E-state index contributed by atoms with van der Waals surface area (Å²) >= 11 is 0. The Morgan fingerprint density at radius 3 is 2.83 bits per heavy atom. The van der Waals surface area contributed by atoms with E-state index in [1.165, 1.54) is 0 Å². The Kier molecular flexibility index (Phi) is 2.41. The first-order valence-electron chi connectivity index (χ1n) is 5.66. The molecule has 4 nitrogen and oxygen atoms in total. The Morgan fingerprint density at radius 1 is 1.17 bits per heavy atom. The van der Waals surface area contributed by atoms with Crippen LogP contribution in [0, 0.1) is 6.92 Å². The van der Waals surface area contributed by atoms with Crippen molar-refractivity contribution in [1.82, 2.24) is 15.0 Å². The minimum absolute atomic E-state index is 0.138. The van der Waals surface area contributed by atoms with Crippen LogP contribution in [0.15, 0.2) is 47.4 Å². The molecule has 0 radical (unpaired) electrons. The molecule has 0 aliphatic rings. The molecular weight excluding hydrogens is 226 g/mol. The zero-order valence-corrected chi connectivity index (χ0v) is 9.84. The number of hydrogen-bond donors (Lipinski definition) is 1. The lowest BCUT2D eigenvalue weighted by molar-refractivity contribution is 1.14. The van der Waals surface area contributed by atoms with Crippen LogP contribution in [0.2, 0.25) is 0 Å². The van der Waals surface area contributed by atoms with Crippen molar-refractivity contribution in [2.75, 3.05) is 0 Å². The van der Waals surface area contributed by atoms with Crippen molar-refractivity contribution >= 4 is 10.9 Å². The van der Waals surface area contributed by atoms with Gasteiger partial charge < -0.3 is 4.98 Å². The number of aromatic nitrogens is 3. The Bertz CT molecular complexity index is 763. The van der Waals surface area contributed by atoms with Crippen molar-refractivity contribution in [2.24, 2.45) is 0 Å². The van der Waals surface area contributed by atoms with Gasteiger partial charge in [0.25, 0.3) is 5.56 Å². The van der Waals surface area contributed by atoms with Gasteiger partial charge in [0.2, 0.25) is 0 Å². The molecule has 0 aliphatic carbocycles. The zero-order chi connectivity index (χ0) is 12.5. The van der Waals surface area contributed by atoms with Crippen molar-refractivity contribution in [3.8, 4) is 11.5 Å². The summed E-state index contributed by atoms with van der Waals surface area (Å²) in [5, 5.41) is 0.597. The third-order valence-electron chi connectivity index (χ3n) is 2.77. The van der Waals surface area contributed by atoms with Crippen molar-refractivity contribution < 1.29 is 0 Å². The maximum atomic E-state index is 12.0. The van der Waals surface area contributed by atoms with Gasteiger partial charge in [-0.2, -0.15) is 0 Å². The van der Waals surface area contributed by atoms with Crippen molar-refractivity contribution in [2.45, 2.75) is 6.92 Å². The molecule has 88 valence electrons. The van der Waals surface area contributed by atoms with Crippen LogP contribution in [-0.2, 0) is 0 Å². The van der Waals surface area contributed by atoms with Crippen LogP contribution in [0.25, 0.3) is 22.4 Å². The quantitative estimate of drug-likeness (QED) is 0.706. The fraction of sp³-hybridized carbons (Fsp3) is 0.0714. The molecule has 0 spiro atoms. The lowest BCUT2D eigenvalue weighted by Crippen LogP contribution is -2.10. The van der Waals surface area contributed by atoms with Gasteiger partial charge in [0.1, 0.15) is 5.69 Å². The molecule has 0 unspecified atom stereocenters. The van der Waals surface area contributed by atoms with Crippen LogP contribution < -0.4 is 5.56 Å². The highest BCUT2D eigenvalue weighted by Gasteiger charge is 2.06. The highest BCUT2D eigenvalue weighted by atomic mass is 16.1. The number of nitrogens with one attached hydrogen (secondary N) is 1. The molecule has 2 aromatic heterocycles. The second-order valence-electron chi connectivity index (χ2n) is 4.15. The van der Waals surface area contributed by atoms with E-state index >= 15 is 0 Å². The average Bonchev–Trinajstić information content (AvgIpc) is 2.39. The minimum Gasteiger partial charge on any atom is -0.305 e. The largest absolute Gasteiger partial charge is 0.305 e. The van der Waals surface area contributed by atoms with E-state index in [2.05, 4.69) is 15.0 Å². The number of aryl methyl sites for hydroxylation is 1. The second kappa shape index (κ2) is 4.07. The normalized spacial score (nSPS) is 10.7. The maximum Gasteiger partial charge on any atom is 0.259 e. The van der Waals surface area contributed by atoms with Crippen LogP contribution in [0.4, 0.5) is 0 Å². The first kappa shape index (κ1) is 10.7. The summed E-state index contributed by atoms with van der Waals surface area (Å²) in [7, 11) is 0. The average molecular weight is 237 g/mol. The number of nitrogens with zero attached hydrogens (tertiary/aromatic N) is 2. The zero-order valence-electron chi connectivity index (χ0n) is 9.84. The van der Waals surface area contributed by atoms with Gasteiger partial charge >= 0.3 is 0 Å². The molecule has 3 aromatic rings. The SMILES string of the molecule is Cc1ccc2c(=O)[nH]c(-c3ccccn3)nc2c1. The molecule has 0 saturated heterocycles. The van der Waals surface area contributed by atoms with E-state index in [1.54, 1.807) is 12.3 Å². The van der Waals surface area contributed by atoms with Gasteiger partial charge in [-0.05, 0) is 36.8 Å². The topological polar surface area (TPSA) is 58.6 Å². The van der Waals surface area contributed by atoms with Gasteiger partial charge in [-0.25, -0.2) is 4.98 Å². The number of benzene rings is 1. The first-order valence-corrected chi connectivity index (χ1v) is 5.66. The van der Waals surface area contributed by atoms with Gasteiger partial charge in [0, 0.05) is 6.20 Å². The standard InChI is InChI=1S/C14H11N3O/c1-9-5-6-10-12(8-9)16-13(17-14(10)18)11-4-2-3-7-15-11/h2-8H,1H3,(H,16,17,18). The van der Waals surface area contributed by atoms with Crippen LogP contribution in [0.5, 0.6) is 0 Å². The first-order chi connectivity index (χ1) is 8.74. The van der Waals surface area contributed by atoms with Crippen LogP contribution in [-0.4, -0.2) is 15.0 Å². The molecule has 1 N–H and O–H groups in total. The molecule has 2 heterocycles. The second-order valence-corrected chi connectivity index (χ2v) is 4.15. The predicted octanol–water partition coefficient (Wildman–Crippen LogP) is 2.29. The summed E-state index contributed by atoms with van der Waals surface area (Å²) in [6, 6.07) is 11.1. The lowest BCUT2D eigenvalue weighted by atomic mass is 10.2.